The molecule has 2 N–H and O–H groups in total. The lowest BCUT2D eigenvalue weighted by molar-refractivity contribution is -0.384. The van der Waals surface area contributed by atoms with Gasteiger partial charge >= 0.3 is 17.9 Å². The Bertz CT molecular complexity index is 808. The average Bonchev–Trinajstić information content (AvgIpc) is 2.45. The van der Waals surface area contributed by atoms with Crippen molar-refractivity contribution in [3.63, 3.8) is 0 Å². The van der Waals surface area contributed by atoms with Crippen molar-refractivity contribution in [3.8, 4) is 0 Å². The number of benzene rings is 1. The van der Waals surface area contributed by atoms with E-state index in [1.54, 1.807) is 0 Å². The monoisotopic (exact) mass is 414 g/mol. The molecule has 1 aliphatic heterocycles. The Hall–Kier alpha value is -2.95. The quantitative estimate of drug-likeness (QED) is 0.248. The molecule has 25 heavy (non-hydrogen) atoms. The lowest BCUT2D eigenvalue weighted by Crippen LogP contribution is -2.42. The van der Waals surface area contributed by atoms with Crippen molar-refractivity contribution < 1.29 is 33.9 Å². The number of rotatable bonds is 4. The van der Waals surface area contributed by atoms with Crippen LogP contribution in [0.2, 0.25) is 0 Å². The number of carboxylic acid groups (broad SMARTS) is 1. The summed E-state index contributed by atoms with van der Waals surface area (Å²) in [6, 6.07) is 1.98. The van der Waals surface area contributed by atoms with E-state index in [2.05, 4.69) is 21.2 Å². The fourth-order valence-electron chi connectivity index (χ4n) is 1.93. The van der Waals surface area contributed by atoms with E-state index in [0.29, 0.717) is 0 Å². The first-order valence-corrected chi connectivity index (χ1v) is 7.46. The molecule has 0 radical (unpaired) electrons. The van der Waals surface area contributed by atoms with Gasteiger partial charge in [0.15, 0.2) is 5.57 Å². The molecule has 0 amide bonds. The second kappa shape index (κ2) is 6.51. The molecular formula is C14H11BrN2O8. The van der Waals surface area contributed by atoms with E-state index in [1.807, 2.05) is 0 Å². The van der Waals surface area contributed by atoms with Gasteiger partial charge < -0.3 is 19.9 Å². The predicted molar refractivity (Wildman–Crippen MR) is 85.7 cm³/mol. The summed E-state index contributed by atoms with van der Waals surface area (Å²) in [6.45, 7) is 2.75. The van der Waals surface area contributed by atoms with E-state index in [1.165, 1.54) is 13.8 Å². The molecule has 0 saturated carbocycles. The highest BCUT2D eigenvalue weighted by molar-refractivity contribution is 9.10. The summed E-state index contributed by atoms with van der Waals surface area (Å²) in [5, 5.41) is 22.6. The third-order valence-corrected chi connectivity index (χ3v) is 3.62. The minimum absolute atomic E-state index is 0.0498. The van der Waals surface area contributed by atoms with Gasteiger partial charge in [-0.3, -0.25) is 10.1 Å². The molecule has 11 heteroatoms. The van der Waals surface area contributed by atoms with Crippen LogP contribution in [0.15, 0.2) is 28.4 Å². The minimum atomic E-state index is -1.42. The molecule has 132 valence electrons. The summed E-state index contributed by atoms with van der Waals surface area (Å²) in [6.07, 6.45) is 0.896. The molecule has 0 bridgehead atoms. The van der Waals surface area contributed by atoms with E-state index in [0.717, 1.165) is 18.3 Å². The highest BCUT2D eigenvalue weighted by Crippen LogP contribution is 2.34. The number of hydrogen-bond acceptors (Lipinski definition) is 8. The van der Waals surface area contributed by atoms with Crippen LogP contribution in [-0.4, -0.2) is 33.7 Å². The summed E-state index contributed by atoms with van der Waals surface area (Å²) < 4.78 is 9.83. The molecule has 0 spiro atoms. The van der Waals surface area contributed by atoms with Crippen LogP contribution in [0.3, 0.4) is 0 Å². The van der Waals surface area contributed by atoms with Crippen LogP contribution in [0.25, 0.3) is 0 Å². The standard InChI is InChI=1S/C14H11BrN2O8/c1-14(2)24-12(20)7(13(21)25-14)5-16-10-8(15)3-6(11(18)19)4-9(10)17(22)23/h3-5,16H,1-2H3,(H,18,19). The van der Waals surface area contributed by atoms with Gasteiger partial charge in [-0.25, -0.2) is 14.4 Å². The first kappa shape index (κ1) is 18.4. The third-order valence-electron chi connectivity index (χ3n) is 2.99. The van der Waals surface area contributed by atoms with Crippen molar-refractivity contribution in [2.45, 2.75) is 19.6 Å². The summed E-state index contributed by atoms with van der Waals surface area (Å²) in [7, 11) is 0. The van der Waals surface area contributed by atoms with Gasteiger partial charge in [0, 0.05) is 30.6 Å². The number of ether oxygens (including phenoxy) is 2. The Morgan fingerprint density at radius 2 is 1.88 bits per heavy atom. The Morgan fingerprint density at radius 1 is 1.32 bits per heavy atom. The number of nitro benzene ring substituents is 1. The number of anilines is 1. The number of carboxylic acids is 1. The molecular weight excluding hydrogens is 404 g/mol. The Kier molecular flexibility index (Phi) is 4.79. The highest BCUT2D eigenvalue weighted by atomic mass is 79.9. The summed E-state index contributed by atoms with van der Waals surface area (Å²) >= 11 is 3.02. The maximum atomic E-state index is 11.8. The Labute approximate surface area is 148 Å². The van der Waals surface area contributed by atoms with E-state index in [9.17, 15) is 24.5 Å². The number of cyclic esters (lactones) is 2. The van der Waals surface area contributed by atoms with Crippen LogP contribution in [0.5, 0.6) is 0 Å². The van der Waals surface area contributed by atoms with Crippen LogP contribution in [0.1, 0.15) is 24.2 Å². The van der Waals surface area contributed by atoms with Gasteiger partial charge in [-0.05, 0) is 22.0 Å². The SMILES string of the molecule is CC1(C)OC(=O)C(=CNc2c(Br)cc(C(=O)O)cc2[N+](=O)[O-])C(=O)O1. The number of carbonyl (C=O) groups excluding carboxylic acids is 2. The van der Waals surface area contributed by atoms with Crippen LogP contribution in [0, 0.1) is 10.1 Å². The van der Waals surface area contributed by atoms with Crippen molar-refractivity contribution in [2.24, 2.45) is 0 Å². The van der Waals surface area contributed by atoms with E-state index < -0.39 is 39.9 Å². The lowest BCUT2D eigenvalue weighted by Gasteiger charge is -2.29. The maximum Gasteiger partial charge on any atom is 0.350 e. The molecule has 0 atom stereocenters. The fraction of sp³-hybridized carbons (Fsp3) is 0.214. The number of halogens is 1. The van der Waals surface area contributed by atoms with Gasteiger partial charge in [-0.2, -0.15) is 0 Å². The van der Waals surface area contributed by atoms with Crippen molar-refractivity contribution in [1.82, 2.24) is 0 Å². The van der Waals surface area contributed by atoms with Gasteiger partial charge in [0.05, 0.1) is 10.5 Å². The van der Waals surface area contributed by atoms with Crippen LogP contribution < -0.4 is 5.32 Å². The molecule has 0 aromatic heterocycles. The second-order valence-electron chi connectivity index (χ2n) is 5.30. The molecule has 1 aromatic carbocycles. The van der Waals surface area contributed by atoms with E-state index >= 15 is 0 Å². The zero-order valence-corrected chi connectivity index (χ0v) is 14.4. The maximum absolute atomic E-state index is 11.8. The van der Waals surface area contributed by atoms with Gasteiger partial charge in [-0.15, -0.1) is 0 Å². The second-order valence-corrected chi connectivity index (χ2v) is 6.15. The highest BCUT2D eigenvalue weighted by Gasteiger charge is 2.39. The zero-order chi connectivity index (χ0) is 18.9. The number of carbonyl (C=O) groups is 3. The van der Waals surface area contributed by atoms with Crippen LogP contribution in [-0.2, 0) is 19.1 Å². The van der Waals surface area contributed by atoms with Crippen molar-refractivity contribution >= 4 is 45.2 Å². The number of nitro groups is 1. The predicted octanol–water partition coefficient (Wildman–Crippen LogP) is 2.19. The van der Waals surface area contributed by atoms with E-state index in [4.69, 9.17) is 14.6 Å². The molecule has 1 heterocycles. The van der Waals surface area contributed by atoms with Crippen LogP contribution >= 0.6 is 15.9 Å². The normalized spacial score (nSPS) is 15.9. The summed E-state index contributed by atoms with van der Waals surface area (Å²) in [4.78, 5) is 45.0. The lowest BCUT2D eigenvalue weighted by atomic mass is 10.1. The van der Waals surface area contributed by atoms with Crippen molar-refractivity contribution in [2.75, 3.05) is 5.32 Å². The van der Waals surface area contributed by atoms with Gasteiger partial charge in [0.2, 0.25) is 0 Å². The number of esters is 2. The topological polar surface area (TPSA) is 145 Å². The zero-order valence-electron chi connectivity index (χ0n) is 12.9. The largest absolute Gasteiger partial charge is 0.478 e. The Balaban J connectivity index is 2.41. The molecule has 1 aliphatic rings. The summed E-state index contributed by atoms with van der Waals surface area (Å²) in [5.74, 6) is -4.69. The van der Waals surface area contributed by atoms with Gasteiger partial charge in [0.25, 0.3) is 11.5 Å². The molecule has 1 saturated heterocycles. The Morgan fingerprint density at radius 3 is 2.36 bits per heavy atom. The molecule has 10 nitrogen and oxygen atoms in total. The molecule has 1 aromatic rings. The van der Waals surface area contributed by atoms with Crippen molar-refractivity contribution in [1.29, 1.82) is 0 Å². The van der Waals surface area contributed by atoms with Crippen LogP contribution in [0.4, 0.5) is 11.4 Å². The fourth-order valence-corrected chi connectivity index (χ4v) is 2.49. The number of aromatic carboxylic acids is 1. The van der Waals surface area contributed by atoms with E-state index in [-0.39, 0.29) is 15.7 Å². The van der Waals surface area contributed by atoms with Gasteiger partial charge in [0.1, 0.15) is 5.69 Å². The molecule has 1 fully saturated rings. The first-order valence-electron chi connectivity index (χ1n) is 6.66. The summed E-state index contributed by atoms with van der Waals surface area (Å²) in [5.41, 5.74) is -1.52. The number of nitrogens with one attached hydrogen (secondary N) is 1. The first-order chi connectivity index (χ1) is 11.5. The minimum Gasteiger partial charge on any atom is -0.478 e. The smallest absolute Gasteiger partial charge is 0.350 e. The number of hydrogen-bond donors (Lipinski definition) is 2. The average molecular weight is 415 g/mol. The third kappa shape index (κ3) is 3.94. The molecule has 0 aliphatic carbocycles. The van der Waals surface area contributed by atoms with Gasteiger partial charge in [-0.1, -0.05) is 0 Å². The van der Waals surface area contributed by atoms with Crippen molar-refractivity contribution in [3.05, 3.63) is 44.1 Å². The molecule has 2 rings (SSSR count). The number of nitrogens with zero attached hydrogens (tertiary/aromatic N) is 1. The molecule has 0 unspecified atom stereocenters.